The molecule has 0 saturated heterocycles. The van der Waals surface area contributed by atoms with Crippen molar-refractivity contribution in [3.05, 3.63) is 101 Å². The fourth-order valence-electron chi connectivity index (χ4n) is 3.13. The Kier molecular flexibility index (Phi) is 5.38. The summed E-state index contributed by atoms with van der Waals surface area (Å²) in [5.74, 6) is 0.338. The molecule has 1 nitrogen and oxygen atoms in total. The summed E-state index contributed by atoms with van der Waals surface area (Å²) in [5, 5.41) is 10.9. The van der Waals surface area contributed by atoms with E-state index in [4.69, 9.17) is 0 Å². The highest BCUT2D eigenvalue weighted by atomic mass is 16.3. The topological polar surface area (TPSA) is 20.2 Å². The number of aromatic hydroxyl groups is 1. The summed E-state index contributed by atoms with van der Waals surface area (Å²) in [5.41, 5.74) is 7.24. The molecule has 1 N–H and O–H groups in total. The van der Waals surface area contributed by atoms with Gasteiger partial charge < -0.3 is 5.11 Å². The van der Waals surface area contributed by atoms with Gasteiger partial charge in [-0.3, -0.25) is 0 Å². The van der Waals surface area contributed by atoms with Gasteiger partial charge in [-0.1, -0.05) is 72.8 Å². The third-order valence-electron chi connectivity index (χ3n) is 4.47. The van der Waals surface area contributed by atoms with Crippen molar-refractivity contribution in [1.29, 1.82) is 0 Å². The van der Waals surface area contributed by atoms with Gasteiger partial charge in [0.25, 0.3) is 0 Å². The minimum absolute atomic E-state index is 0.338. The van der Waals surface area contributed by atoms with Crippen molar-refractivity contribution in [1.82, 2.24) is 0 Å². The number of rotatable bonds is 4. The first-order chi connectivity index (χ1) is 12.5. The molecule has 0 aromatic heterocycles. The molecule has 1 heteroatoms. The Bertz CT molecular complexity index is 871. The molecule has 26 heavy (non-hydrogen) atoms. The van der Waals surface area contributed by atoms with E-state index < -0.39 is 0 Å². The Labute approximate surface area is 156 Å². The molecule has 3 aromatic rings. The molecular weight excluding hydrogens is 316 g/mol. The van der Waals surface area contributed by atoms with Crippen molar-refractivity contribution in [2.45, 2.75) is 20.8 Å². The fourth-order valence-corrected chi connectivity index (χ4v) is 3.13. The lowest BCUT2D eigenvalue weighted by molar-refractivity contribution is 0.471. The maximum Gasteiger partial charge on any atom is 0.130 e. The average Bonchev–Trinajstić information content (AvgIpc) is 2.65. The van der Waals surface area contributed by atoms with Gasteiger partial charge in [-0.15, -0.1) is 0 Å². The third kappa shape index (κ3) is 4.12. The van der Waals surface area contributed by atoms with Crippen LogP contribution in [0.5, 0.6) is 5.75 Å². The van der Waals surface area contributed by atoms with Gasteiger partial charge in [-0.05, 0) is 60.7 Å². The van der Waals surface area contributed by atoms with Gasteiger partial charge in [-0.2, -0.15) is 0 Å². The second-order valence-electron chi connectivity index (χ2n) is 6.68. The molecule has 0 aliphatic rings. The summed E-state index contributed by atoms with van der Waals surface area (Å²) in [7, 11) is 0. The predicted molar refractivity (Wildman–Crippen MR) is 113 cm³/mol. The molecular formula is C25H24O. The Balaban J connectivity index is 2.04. The number of hydrogen-bond donors (Lipinski definition) is 1. The largest absolute Gasteiger partial charge is 0.507 e. The first-order valence-corrected chi connectivity index (χ1v) is 8.85. The number of allylic oxidation sites excluding steroid dienone is 2. The lowest BCUT2D eigenvalue weighted by atomic mass is 9.94. The van der Waals surface area contributed by atoms with Crippen LogP contribution < -0.4 is 0 Å². The van der Waals surface area contributed by atoms with Crippen LogP contribution in [0.25, 0.3) is 23.3 Å². The van der Waals surface area contributed by atoms with Crippen LogP contribution in [0.3, 0.4) is 0 Å². The zero-order valence-corrected chi connectivity index (χ0v) is 15.5. The molecule has 0 spiro atoms. The quantitative estimate of drug-likeness (QED) is 0.517. The van der Waals surface area contributed by atoms with Crippen molar-refractivity contribution < 1.29 is 5.11 Å². The Morgan fingerprint density at radius 2 is 1.08 bits per heavy atom. The Morgan fingerprint density at radius 3 is 1.46 bits per heavy atom. The number of phenols is 1. The monoisotopic (exact) mass is 340 g/mol. The van der Waals surface area contributed by atoms with Gasteiger partial charge in [0.1, 0.15) is 5.75 Å². The van der Waals surface area contributed by atoms with Crippen LogP contribution in [0.4, 0.5) is 0 Å². The zero-order valence-electron chi connectivity index (χ0n) is 15.5. The van der Waals surface area contributed by atoms with Crippen molar-refractivity contribution in [2.75, 3.05) is 0 Å². The van der Waals surface area contributed by atoms with Gasteiger partial charge in [-0.25, -0.2) is 0 Å². The number of hydrogen-bond acceptors (Lipinski definition) is 1. The molecule has 0 radical (unpaired) electrons. The smallest absolute Gasteiger partial charge is 0.130 e. The Morgan fingerprint density at radius 1 is 0.692 bits per heavy atom. The second kappa shape index (κ2) is 7.88. The molecule has 130 valence electrons. The minimum atomic E-state index is 0.338. The molecule has 0 atom stereocenters. The van der Waals surface area contributed by atoms with Crippen molar-refractivity contribution in [3.63, 3.8) is 0 Å². The molecule has 3 rings (SSSR count). The minimum Gasteiger partial charge on any atom is -0.507 e. The van der Waals surface area contributed by atoms with Crippen molar-refractivity contribution >= 4 is 23.3 Å². The van der Waals surface area contributed by atoms with E-state index in [2.05, 4.69) is 43.3 Å². The highest BCUT2D eigenvalue weighted by molar-refractivity contribution is 5.89. The molecule has 0 aliphatic heterocycles. The van der Waals surface area contributed by atoms with Crippen molar-refractivity contribution in [2.24, 2.45) is 0 Å². The Hall–Kier alpha value is -3.06. The fraction of sp³-hybridized carbons (Fsp3) is 0.120. The summed E-state index contributed by atoms with van der Waals surface area (Å²) < 4.78 is 0. The molecule has 0 heterocycles. The van der Waals surface area contributed by atoms with E-state index in [1.54, 1.807) is 0 Å². The SMILES string of the molecule is CC(=Cc1ccccc1)c1cc(C)cc(C(C)=Cc2ccccc2)c1O. The van der Waals surface area contributed by atoms with E-state index in [1.807, 2.05) is 62.4 Å². The van der Waals surface area contributed by atoms with Crippen LogP contribution in [0.15, 0.2) is 72.8 Å². The lowest BCUT2D eigenvalue weighted by Gasteiger charge is -2.13. The van der Waals surface area contributed by atoms with E-state index in [-0.39, 0.29) is 0 Å². The van der Waals surface area contributed by atoms with E-state index >= 15 is 0 Å². The molecule has 3 aromatic carbocycles. The van der Waals surface area contributed by atoms with Crippen LogP contribution in [-0.2, 0) is 0 Å². The van der Waals surface area contributed by atoms with Gasteiger partial charge in [0.15, 0.2) is 0 Å². The summed E-state index contributed by atoms with van der Waals surface area (Å²) in [6.45, 7) is 6.15. The number of benzene rings is 3. The summed E-state index contributed by atoms with van der Waals surface area (Å²) in [4.78, 5) is 0. The van der Waals surface area contributed by atoms with Crippen molar-refractivity contribution in [3.8, 4) is 5.75 Å². The number of phenolic OH excluding ortho intramolecular Hbond substituents is 1. The average molecular weight is 340 g/mol. The molecule has 0 amide bonds. The van der Waals surface area contributed by atoms with Crippen LogP contribution in [0.2, 0.25) is 0 Å². The van der Waals surface area contributed by atoms with Crippen LogP contribution >= 0.6 is 0 Å². The van der Waals surface area contributed by atoms with Crippen LogP contribution in [0.1, 0.15) is 41.7 Å². The predicted octanol–water partition coefficient (Wildman–Crippen LogP) is 6.82. The third-order valence-corrected chi connectivity index (χ3v) is 4.47. The zero-order chi connectivity index (χ0) is 18.5. The molecule has 0 fully saturated rings. The highest BCUT2D eigenvalue weighted by Crippen LogP contribution is 2.35. The molecule has 0 aliphatic carbocycles. The number of aryl methyl sites for hydroxylation is 1. The van der Waals surface area contributed by atoms with E-state index in [0.29, 0.717) is 5.75 Å². The normalized spacial score (nSPS) is 12.3. The summed E-state index contributed by atoms with van der Waals surface area (Å²) in [6, 6.07) is 24.5. The van der Waals surface area contributed by atoms with Crippen LogP contribution in [-0.4, -0.2) is 5.11 Å². The molecule has 0 bridgehead atoms. The van der Waals surface area contributed by atoms with Gasteiger partial charge in [0.2, 0.25) is 0 Å². The molecule has 0 saturated carbocycles. The highest BCUT2D eigenvalue weighted by Gasteiger charge is 2.12. The van der Waals surface area contributed by atoms with Gasteiger partial charge >= 0.3 is 0 Å². The standard InChI is InChI=1S/C25H24O/c1-18-14-23(19(2)16-21-10-6-4-7-11-21)25(26)24(15-18)20(3)17-22-12-8-5-9-13-22/h4-17,26H,1-3H3. The lowest BCUT2D eigenvalue weighted by Crippen LogP contribution is -1.91. The summed E-state index contributed by atoms with van der Waals surface area (Å²) >= 11 is 0. The first kappa shape index (κ1) is 17.8. The first-order valence-electron chi connectivity index (χ1n) is 8.85. The molecule has 0 unspecified atom stereocenters. The maximum atomic E-state index is 10.9. The van der Waals surface area contributed by atoms with Gasteiger partial charge in [0, 0.05) is 11.1 Å². The van der Waals surface area contributed by atoms with E-state index in [9.17, 15) is 5.11 Å². The maximum absolute atomic E-state index is 10.9. The second-order valence-corrected chi connectivity index (χ2v) is 6.68. The van der Waals surface area contributed by atoms with E-state index in [1.165, 1.54) is 0 Å². The van der Waals surface area contributed by atoms with E-state index in [0.717, 1.165) is 39.0 Å². The summed E-state index contributed by atoms with van der Waals surface area (Å²) in [6.07, 6.45) is 4.21. The van der Waals surface area contributed by atoms with Crippen LogP contribution in [0, 0.1) is 6.92 Å². The van der Waals surface area contributed by atoms with Gasteiger partial charge in [0.05, 0.1) is 0 Å².